The fraction of sp³-hybridized carbons (Fsp3) is 0.400. The molecule has 0 radical (unpaired) electrons. The normalized spacial score (nSPS) is 33.6. The van der Waals surface area contributed by atoms with Crippen molar-refractivity contribution in [2.45, 2.75) is 25.1 Å². The predicted octanol–water partition coefficient (Wildman–Crippen LogP) is 2.71. The SMILES string of the molecule is N#CC1=CC(C2=CC3C=CN=CC3C(NC3CCNC3)=C2)=CC(F)C1. The van der Waals surface area contributed by atoms with E-state index in [2.05, 4.69) is 39.9 Å². The number of allylic oxidation sites excluding steroid dienone is 9. The minimum absolute atomic E-state index is 0.175. The van der Waals surface area contributed by atoms with Gasteiger partial charge >= 0.3 is 0 Å². The van der Waals surface area contributed by atoms with Crippen LogP contribution in [-0.4, -0.2) is 31.5 Å². The van der Waals surface area contributed by atoms with E-state index in [9.17, 15) is 4.39 Å². The molecule has 0 bridgehead atoms. The van der Waals surface area contributed by atoms with Crippen LogP contribution in [0.25, 0.3) is 0 Å². The molecule has 4 rings (SSSR count). The molecule has 4 nitrogen and oxygen atoms in total. The fourth-order valence-corrected chi connectivity index (χ4v) is 3.82. The molecule has 2 aliphatic heterocycles. The van der Waals surface area contributed by atoms with Gasteiger partial charge in [0.2, 0.25) is 0 Å². The van der Waals surface area contributed by atoms with Crippen molar-refractivity contribution in [2.75, 3.05) is 13.1 Å². The zero-order valence-electron chi connectivity index (χ0n) is 14.0. The number of alkyl halides is 1. The van der Waals surface area contributed by atoms with Crippen molar-refractivity contribution in [2.24, 2.45) is 16.8 Å². The van der Waals surface area contributed by atoms with E-state index in [1.165, 1.54) is 0 Å². The second-order valence-electron chi connectivity index (χ2n) is 6.92. The quantitative estimate of drug-likeness (QED) is 0.833. The summed E-state index contributed by atoms with van der Waals surface area (Å²) in [5.74, 6) is 0.397. The van der Waals surface area contributed by atoms with Crippen LogP contribution in [0.1, 0.15) is 12.8 Å². The van der Waals surface area contributed by atoms with Crippen LogP contribution >= 0.6 is 0 Å². The fourth-order valence-electron chi connectivity index (χ4n) is 3.82. The average molecular weight is 336 g/mol. The van der Waals surface area contributed by atoms with Crippen molar-refractivity contribution >= 4 is 6.21 Å². The first kappa shape index (κ1) is 16.0. The summed E-state index contributed by atoms with van der Waals surface area (Å²) in [6.45, 7) is 1.98. The lowest BCUT2D eigenvalue weighted by atomic mass is 9.79. The van der Waals surface area contributed by atoms with E-state index < -0.39 is 6.17 Å². The molecule has 4 aliphatic rings. The summed E-state index contributed by atoms with van der Waals surface area (Å²) in [7, 11) is 0. The first-order chi connectivity index (χ1) is 12.2. The van der Waals surface area contributed by atoms with E-state index in [0.29, 0.717) is 11.6 Å². The largest absolute Gasteiger partial charge is 0.384 e. The summed E-state index contributed by atoms with van der Waals surface area (Å²) in [6, 6.07) is 2.51. The number of hydrogen-bond donors (Lipinski definition) is 2. The monoisotopic (exact) mass is 336 g/mol. The van der Waals surface area contributed by atoms with Crippen LogP contribution in [0.4, 0.5) is 4.39 Å². The van der Waals surface area contributed by atoms with Crippen molar-refractivity contribution in [1.29, 1.82) is 5.26 Å². The zero-order valence-corrected chi connectivity index (χ0v) is 14.0. The first-order valence-corrected chi connectivity index (χ1v) is 8.80. The number of rotatable bonds is 3. The lowest BCUT2D eigenvalue weighted by molar-refractivity contribution is 0.396. The Labute approximate surface area is 147 Å². The van der Waals surface area contributed by atoms with Gasteiger partial charge in [0, 0.05) is 54.5 Å². The Bertz CT molecular complexity index is 772. The highest BCUT2D eigenvalue weighted by molar-refractivity contribution is 5.71. The molecule has 0 aromatic carbocycles. The van der Waals surface area contributed by atoms with Crippen molar-refractivity contribution in [3.63, 3.8) is 0 Å². The van der Waals surface area contributed by atoms with Crippen molar-refractivity contribution in [1.82, 2.24) is 10.6 Å². The molecule has 2 N–H and O–H groups in total. The maximum Gasteiger partial charge on any atom is 0.124 e. The Morgan fingerprint density at radius 1 is 1.28 bits per heavy atom. The van der Waals surface area contributed by atoms with E-state index in [1.807, 2.05) is 18.5 Å². The summed E-state index contributed by atoms with van der Waals surface area (Å²) in [5.41, 5.74) is 3.40. The summed E-state index contributed by atoms with van der Waals surface area (Å²) < 4.78 is 14.0. The number of fused-ring (bicyclic) bond motifs is 1. The summed E-state index contributed by atoms with van der Waals surface area (Å²) in [4.78, 5) is 4.30. The van der Waals surface area contributed by atoms with Crippen molar-refractivity contribution in [3.05, 3.63) is 59.0 Å². The minimum Gasteiger partial charge on any atom is -0.384 e. The molecular formula is C20H21FN4. The second kappa shape index (κ2) is 6.81. The molecule has 0 amide bonds. The van der Waals surface area contributed by atoms with Crippen LogP contribution in [0.3, 0.4) is 0 Å². The molecule has 0 aromatic heterocycles. The first-order valence-electron chi connectivity index (χ1n) is 8.80. The van der Waals surface area contributed by atoms with Gasteiger partial charge in [0.05, 0.1) is 6.07 Å². The molecular weight excluding hydrogens is 315 g/mol. The molecule has 0 aromatic rings. The molecule has 1 saturated heterocycles. The number of nitriles is 1. The molecule has 25 heavy (non-hydrogen) atoms. The van der Waals surface area contributed by atoms with Crippen LogP contribution in [-0.2, 0) is 0 Å². The molecule has 5 heteroatoms. The van der Waals surface area contributed by atoms with E-state index in [1.54, 1.807) is 6.08 Å². The molecule has 4 unspecified atom stereocenters. The standard InChI is InChI=1S/C20H21FN4/c21-17-6-13(10-22)5-15(8-17)16-7-14-1-3-24-12-19(14)20(9-16)25-18-2-4-23-11-18/h1,3,5,7-9,12,14,17-19,23,25H,2,4,6,11H2. The Morgan fingerprint density at radius 3 is 2.96 bits per heavy atom. The highest BCUT2D eigenvalue weighted by atomic mass is 19.1. The highest BCUT2D eigenvalue weighted by Crippen LogP contribution is 2.35. The van der Waals surface area contributed by atoms with E-state index in [0.717, 1.165) is 36.4 Å². The molecule has 1 fully saturated rings. The van der Waals surface area contributed by atoms with Gasteiger partial charge < -0.3 is 10.6 Å². The van der Waals surface area contributed by atoms with E-state index in [4.69, 9.17) is 5.26 Å². The Hall–Kier alpha value is -2.45. The molecule has 0 spiro atoms. The summed E-state index contributed by atoms with van der Waals surface area (Å²) in [6.07, 6.45) is 13.7. The van der Waals surface area contributed by atoms with Crippen molar-refractivity contribution < 1.29 is 4.39 Å². The van der Waals surface area contributed by atoms with Crippen LogP contribution in [0.5, 0.6) is 0 Å². The van der Waals surface area contributed by atoms with Gasteiger partial charge in [-0.3, -0.25) is 4.99 Å². The number of nitrogens with one attached hydrogen (secondary N) is 2. The molecule has 2 aliphatic carbocycles. The molecule has 2 heterocycles. The third kappa shape index (κ3) is 3.35. The van der Waals surface area contributed by atoms with Gasteiger partial charge in [0.15, 0.2) is 0 Å². The number of nitrogens with zero attached hydrogens (tertiary/aromatic N) is 2. The van der Waals surface area contributed by atoms with Gasteiger partial charge in [-0.15, -0.1) is 0 Å². The maximum atomic E-state index is 14.0. The van der Waals surface area contributed by atoms with Gasteiger partial charge in [-0.25, -0.2) is 4.39 Å². The topological polar surface area (TPSA) is 60.2 Å². The van der Waals surface area contributed by atoms with E-state index in [-0.39, 0.29) is 18.3 Å². The maximum absolute atomic E-state index is 14.0. The molecule has 4 atom stereocenters. The average Bonchev–Trinajstić information content (AvgIpc) is 3.14. The smallest absolute Gasteiger partial charge is 0.124 e. The van der Waals surface area contributed by atoms with Gasteiger partial charge in [0.25, 0.3) is 0 Å². The molecule has 128 valence electrons. The van der Waals surface area contributed by atoms with Gasteiger partial charge in [-0.2, -0.15) is 5.26 Å². The third-order valence-electron chi connectivity index (χ3n) is 5.11. The molecule has 0 saturated carbocycles. The van der Waals surface area contributed by atoms with Crippen LogP contribution < -0.4 is 10.6 Å². The van der Waals surface area contributed by atoms with Gasteiger partial charge in [-0.05, 0) is 42.3 Å². The number of aliphatic imine (C=N–C) groups is 1. The van der Waals surface area contributed by atoms with E-state index >= 15 is 0 Å². The Balaban J connectivity index is 1.67. The zero-order chi connectivity index (χ0) is 17.2. The van der Waals surface area contributed by atoms with Crippen LogP contribution in [0.15, 0.2) is 64.0 Å². The summed E-state index contributed by atoms with van der Waals surface area (Å²) >= 11 is 0. The third-order valence-corrected chi connectivity index (χ3v) is 5.11. The summed E-state index contributed by atoms with van der Waals surface area (Å²) in [5, 5.41) is 16.2. The van der Waals surface area contributed by atoms with Crippen LogP contribution in [0, 0.1) is 23.2 Å². The van der Waals surface area contributed by atoms with Crippen LogP contribution in [0.2, 0.25) is 0 Å². The minimum atomic E-state index is -1.10. The number of halogens is 1. The lowest BCUT2D eigenvalue weighted by Gasteiger charge is -2.31. The number of hydrogen-bond acceptors (Lipinski definition) is 4. The second-order valence-corrected chi connectivity index (χ2v) is 6.92. The highest BCUT2D eigenvalue weighted by Gasteiger charge is 2.29. The van der Waals surface area contributed by atoms with Crippen molar-refractivity contribution in [3.8, 4) is 6.07 Å². The Morgan fingerprint density at radius 2 is 2.16 bits per heavy atom. The van der Waals surface area contributed by atoms with Gasteiger partial charge in [0.1, 0.15) is 6.17 Å². The Kier molecular flexibility index (Phi) is 4.37. The lowest BCUT2D eigenvalue weighted by Crippen LogP contribution is -2.37. The van der Waals surface area contributed by atoms with Gasteiger partial charge in [-0.1, -0.05) is 12.2 Å². The predicted molar refractivity (Wildman–Crippen MR) is 96.5 cm³/mol.